The van der Waals surface area contributed by atoms with Gasteiger partial charge in [0.25, 0.3) is 5.78 Å². The minimum Gasteiger partial charge on any atom is -0.494 e. The molecule has 0 bridgehead atoms. The molecule has 32 heavy (non-hydrogen) atoms. The van der Waals surface area contributed by atoms with Crippen molar-refractivity contribution in [3.8, 4) is 17.0 Å². The van der Waals surface area contributed by atoms with E-state index in [1.54, 1.807) is 22.0 Å². The van der Waals surface area contributed by atoms with E-state index in [9.17, 15) is 9.18 Å². The number of nitrogens with one attached hydrogen (secondary N) is 1. The van der Waals surface area contributed by atoms with E-state index in [4.69, 9.17) is 4.74 Å². The molecule has 1 aromatic carbocycles. The number of ether oxygens (including phenoxy) is 1. The molecule has 0 unspecified atom stereocenters. The second kappa shape index (κ2) is 9.21. The molecule has 0 atom stereocenters. The maximum atomic E-state index is 14.0. The van der Waals surface area contributed by atoms with Crippen LogP contribution in [0.5, 0.6) is 5.75 Å². The van der Waals surface area contributed by atoms with E-state index in [1.807, 2.05) is 20.1 Å². The van der Waals surface area contributed by atoms with Gasteiger partial charge >= 0.3 is 0 Å². The molecule has 0 fully saturated rings. The zero-order chi connectivity index (χ0) is 22.8. The molecule has 4 aromatic rings. The summed E-state index contributed by atoms with van der Waals surface area (Å²) in [6.45, 7) is 3.86. The Balaban J connectivity index is 1.43. The van der Waals surface area contributed by atoms with Gasteiger partial charge in [-0.25, -0.2) is 18.9 Å². The zero-order valence-corrected chi connectivity index (χ0v) is 19.6. The van der Waals surface area contributed by atoms with E-state index in [-0.39, 0.29) is 18.1 Å². The van der Waals surface area contributed by atoms with Crippen molar-refractivity contribution in [3.05, 3.63) is 46.3 Å². The Morgan fingerprint density at radius 3 is 2.81 bits per heavy atom. The molecule has 0 saturated carbocycles. The zero-order valence-electron chi connectivity index (χ0n) is 18.0. The van der Waals surface area contributed by atoms with Crippen LogP contribution in [-0.4, -0.2) is 43.8 Å². The summed E-state index contributed by atoms with van der Waals surface area (Å²) in [5.41, 5.74) is 3.93. The number of methoxy groups -OCH3 is 1. The molecule has 8 nitrogen and oxygen atoms in total. The third-order valence-corrected chi connectivity index (χ3v) is 6.31. The van der Waals surface area contributed by atoms with Crippen LogP contribution >= 0.6 is 23.1 Å². The number of hydrogen-bond donors (Lipinski definition) is 1. The summed E-state index contributed by atoms with van der Waals surface area (Å²) in [6.07, 6.45) is 2.70. The minimum atomic E-state index is -0.461. The number of halogens is 1. The number of carbonyl (C=O) groups excluding carboxylic acids is 1. The lowest BCUT2D eigenvalue weighted by Crippen LogP contribution is -2.14. The number of anilines is 1. The monoisotopic (exact) mass is 472 g/mol. The number of fused-ring (bicyclic) bond motifs is 1. The van der Waals surface area contributed by atoms with Crippen molar-refractivity contribution < 1.29 is 13.9 Å². The first-order valence-electron chi connectivity index (χ1n) is 9.75. The first kappa shape index (κ1) is 22.2. The van der Waals surface area contributed by atoms with Crippen molar-refractivity contribution in [2.24, 2.45) is 0 Å². The summed E-state index contributed by atoms with van der Waals surface area (Å²) in [5.74, 6) is 0.111. The Hall–Kier alpha value is -3.05. The first-order valence-corrected chi connectivity index (χ1v) is 11.9. The quantitative estimate of drug-likeness (QED) is 0.401. The Kier molecular flexibility index (Phi) is 6.38. The lowest BCUT2D eigenvalue weighted by Gasteiger charge is -2.10. The summed E-state index contributed by atoms with van der Waals surface area (Å²) in [7, 11) is 1.42. The molecule has 0 saturated heterocycles. The first-order chi connectivity index (χ1) is 15.4. The van der Waals surface area contributed by atoms with E-state index >= 15 is 0 Å². The highest BCUT2D eigenvalue weighted by Crippen LogP contribution is 2.28. The molecule has 0 aliphatic carbocycles. The molecule has 0 radical (unpaired) electrons. The molecular formula is C21H21FN6O2S2. The van der Waals surface area contributed by atoms with Crippen molar-refractivity contribution in [1.29, 1.82) is 0 Å². The maximum Gasteiger partial charge on any atom is 0.253 e. The molecule has 0 aliphatic heterocycles. The number of thiazole rings is 1. The van der Waals surface area contributed by atoms with E-state index < -0.39 is 5.82 Å². The number of aromatic nitrogens is 5. The van der Waals surface area contributed by atoms with Crippen LogP contribution in [0.2, 0.25) is 0 Å². The smallest absolute Gasteiger partial charge is 0.253 e. The topological polar surface area (TPSA) is 94.3 Å². The molecule has 11 heteroatoms. The van der Waals surface area contributed by atoms with E-state index in [0.717, 1.165) is 17.0 Å². The van der Waals surface area contributed by atoms with Gasteiger partial charge in [-0.15, -0.1) is 16.4 Å². The van der Waals surface area contributed by atoms with Crippen molar-refractivity contribution in [1.82, 2.24) is 24.6 Å². The Bertz CT molecular complexity index is 1300. The number of amides is 1. The average molecular weight is 473 g/mol. The highest BCUT2D eigenvalue weighted by Gasteiger charge is 2.15. The Morgan fingerprint density at radius 2 is 2.09 bits per heavy atom. The number of thioether (sulfide) groups is 1. The minimum absolute atomic E-state index is 0.158. The van der Waals surface area contributed by atoms with E-state index in [0.29, 0.717) is 33.7 Å². The lowest BCUT2D eigenvalue weighted by molar-refractivity contribution is -0.116. The van der Waals surface area contributed by atoms with Gasteiger partial charge in [0, 0.05) is 28.8 Å². The number of nitrogens with zero attached hydrogens (tertiary/aromatic N) is 5. The predicted molar refractivity (Wildman–Crippen MR) is 123 cm³/mol. The van der Waals surface area contributed by atoms with Crippen LogP contribution in [0, 0.1) is 19.7 Å². The highest BCUT2D eigenvalue weighted by molar-refractivity contribution is 7.98. The normalized spacial score (nSPS) is 11.2. The molecular weight excluding hydrogens is 451 g/mol. The van der Waals surface area contributed by atoms with Crippen LogP contribution in [-0.2, 0) is 11.2 Å². The lowest BCUT2D eigenvalue weighted by atomic mass is 10.1. The third-order valence-electron chi connectivity index (χ3n) is 5.01. The second-order valence-electron chi connectivity index (χ2n) is 7.01. The van der Waals surface area contributed by atoms with Gasteiger partial charge in [-0.05, 0) is 50.3 Å². The fourth-order valence-corrected chi connectivity index (χ4v) is 4.42. The van der Waals surface area contributed by atoms with Gasteiger partial charge in [0.2, 0.25) is 11.1 Å². The van der Waals surface area contributed by atoms with Crippen LogP contribution in [0.15, 0.2) is 28.7 Å². The summed E-state index contributed by atoms with van der Waals surface area (Å²) in [4.78, 5) is 25.8. The third kappa shape index (κ3) is 4.44. The molecule has 0 spiro atoms. The highest BCUT2D eigenvalue weighted by atomic mass is 32.2. The van der Waals surface area contributed by atoms with Gasteiger partial charge in [0.05, 0.1) is 12.8 Å². The van der Waals surface area contributed by atoms with E-state index in [2.05, 4.69) is 25.4 Å². The number of hydrogen-bond acceptors (Lipinski definition) is 8. The SMILES string of the molecule is COc1ccc(-c2csc(NC(=O)CCc3c(C)nc4nc(SC)nn4c3C)n2)cc1F. The largest absolute Gasteiger partial charge is 0.494 e. The summed E-state index contributed by atoms with van der Waals surface area (Å²) < 4.78 is 20.6. The average Bonchev–Trinajstić information content (AvgIpc) is 3.40. The van der Waals surface area contributed by atoms with Crippen LogP contribution < -0.4 is 10.1 Å². The van der Waals surface area contributed by atoms with Gasteiger partial charge in [0.1, 0.15) is 0 Å². The van der Waals surface area contributed by atoms with Gasteiger partial charge in [-0.1, -0.05) is 11.8 Å². The van der Waals surface area contributed by atoms with Crippen LogP contribution in [0.25, 0.3) is 17.0 Å². The maximum absolute atomic E-state index is 14.0. The number of carbonyl (C=O) groups is 1. The molecule has 166 valence electrons. The van der Waals surface area contributed by atoms with Crippen molar-refractivity contribution in [2.45, 2.75) is 31.8 Å². The van der Waals surface area contributed by atoms with Crippen LogP contribution in [0.3, 0.4) is 0 Å². The van der Waals surface area contributed by atoms with Crippen LogP contribution in [0.1, 0.15) is 23.4 Å². The molecule has 1 N–H and O–H groups in total. The fraction of sp³-hybridized carbons (Fsp3) is 0.286. The number of aryl methyl sites for hydroxylation is 2. The Morgan fingerprint density at radius 1 is 1.28 bits per heavy atom. The van der Waals surface area contributed by atoms with Crippen molar-refractivity contribution in [2.75, 3.05) is 18.7 Å². The number of benzene rings is 1. The second-order valence-corrected chi connectivity index (χ2v) is 8.64. The molecule has 1 amide bonds. The van der Waals surface area contributed by atoms with Gasteiger partial charge in [-0.3, -0.25) is 4.79 Å². The van der Waals surface area contributed by atoms with Crippen molar-refractivity contribution in [3.63, 3.8) is 0 Å². The molecule has 4 rings (SSSR count). The molecule has 3 heterocycles. The fourth-order valence-electron chi connectivity index (χ4n) is 3.35. The summed E-state index contributed by atoms with van der Waals surface area (Å²) in [5, 5.41) is 10.2. The number of rotatable bonds is 7. The summed E-state index contributed by atoms with van der Waals surface area (Å²) >= 11 is 2.75. The van der Waals surface area contributed by atoms with Gasteiger partial charge in [-0.2, -0.15) is 4.98 Å². The van der Waals surface area contributed by atoms with Gasteiger partial charge in [0.15, 0.2) is 16.7 Å². The summed E-state index contributed by atoms with van der Waals surface area (Å²) in [6, 6.07) is 4.64. The molecule has 0 aliphatic rings. The van der Waals surface area contributed by atoms with Crippen LogP contribution in [0.4, 0.5) is 9.52 Å². The van der Waals surface area contributed by atoms with Gasteiger partial charge < -0.3 is 10.1 Å². The Labute approximate surface area is 192 Å². The standard InChI is InChI=1S/C21H21FN6O2S2/c1-11-14(12(2)28-19(23-11)26-21(27-28)31-4)6-8-18(29)25-20-24-16(10-32-20)13-5-7-17(30-3)15(22)9-13/h5,7,9-10H,6,8H2,1-4H3,(H,24,25,29). The molecule has 3 aromatic heterocycles. The van der Waals surface area contributed by atoms with E-state index in [1.165, 1.54) is 36.3 Å². The van der Waals surface area contributed by atoms with Crippen molar-refractivity contribution >= 4 is 39.9 Å². The predicted octanol–water partition coefficient (Wildman–Crippen LogP) is 4.31.